The third-order valence-corrected chi connectivity index (χ3v) is 5.34. The summed E-state index contributed by atoms with van der Waals surface area (Å²) >= 11 is 1.17. The van der Waals surface area contributed by atoms with Crippen LogP contribution < -0.4 is 10.6 Å². The van der Waals surface area contributed by atoms with Crippen LogP contribution in [0.2, 0.25) is 0 Å². The van der Waals surface area contributed by atoms with Crippen LogP contribution in [-0.4, -0.2) is 44.9 Å². The highest BCUT2D eigenvalue weighted by Crippen LogP contribution is 2.29. The lowest BCUT2D eigenvalue weighted by atomic mass is 10.2. The number of rotatable bonds is 9. The van der Waals surface area contributed by atoms with Crippen molar-refractivity contribution in [1.82, 2.24) is 25.4 Å². The molecule has 31 heavy (non-hydrogen) atoms. The highest BCUT2D eigenvalue weighted by molar-refractivity contribution is 7.99. The number of nitrogens with one attached hydrogen (secondary N) is 2. The summed E-state index contributed by atoms with van der Waals surface area (Å²) in [7, 11) is 0. The van der Waals surface area contributed by atoms with Crippen molar-refractivity contribution in [2.24, 2.45) is 0 Å². The minimum atomic E-state index is -0.638. The second-order valence-corrected chi connectivity index (χ2v) is 7.77. The number of carbonyl (C=O) groups excluding carboxylic acids is 2. The second-order valence-electron chi connectivity index (χ2n) is 6.83. The minimum absolute atomic E-state index is 0.0354. The first-order valence-electron chi connectivity index (χ1n) is 9.97. The van der Waals surface area contributed by atoms with E-state index in [4.69, 9.17) is 0 Å². The number of para-hydroxylation sites is 1. The molecule has 0 saturated carbocycles. The molecule has 1 unspecified atom stereocenters. The Kier molecular flexibility index (Phi) is 7.77. The number of halogens is 1. The van der Waals surface area contributed by atoms with Gasteiger partial charge in [0.25, 0.3) is 0 Å². The van der Waals surface area contributed by atoms with Crippen LogP contribution in [0.3, 0.4) is 0 Å². The largest absolute Gasteiger partial charge is 0.354 e. The summed E-state index contributed by atoms with van der Waals surface area (Å²) in [4.78, 5) is 24.3. The monoisotopic (exact) mass is 441 g/mol. The van der Waals surface area contributed by atoms with Gasteiger partial charge in [0.2, 0.25) is 11.8 Å². The van der Waals surface area contributed by atoms with Crippen LogP contribution in [0, 0.1) is 5.82 Å². The number of amides is 2. The molecule has 162 valence electrons. The number of benzene rings is 2. The Morgan fingerprint density at radius 2 is 1.81 bits per heavy atom. The molecule has 0 aliphatic heterocycles. The molecule has 2 amide bonds. The highest BCUT2D eigenvalue weighted by atomic mass is 32.2. The standard InChI is InChI=1S/C22H24FN5O2S/c1-3-13-24-21(30)15(2)25-19(29)14-31-22-27-26-20(17-11-7-8-12-18(17)23)28(22)16-9-5-4-6-10-16/h4-12,15H,3,13-14H2,1-2H3,(H,24,30)(H,25,29). The van der Waals surface area contributed by atoms with Crippen molar-refractivity contribution >= 4 is 23.6 Å². The number of nitrogens with zero attached hydrogens (tertiary/aromatic N) is 3. The van der Waals surface area contributed by atoms with Gasteiger partial charge in [0.05, 0.1) is 11.3 Å². The van der Waals surface area contributed by atoms with E-state index in [0.717, 1.165) is 12.1 Å². The predicted molar refractivity (Wildman–Crippen MR) is 118 cm³/mol. The molecule has 1 heterocycles. The SMILES string of the molecule is CCCNC(=O)C(C)NC(=O)CSc1nnc(-c2ccccc2F)n1-c1ccccc1. The Labute approximate surface area is 184 Å². The van der Waals surface area contributed by atoms with E-state index in [0.29, 0.717) is 23.1 Å². The Bertz CT molecular complexity index is 1040. The van der Waals surface area contributed by atoms with Gasteiger partial charge in [0.15, 0.2) is 11.0 Å². The van der Waals surface area contributed by atoms with Gasteiger partial charge in [0, 0.05) is 12.2 Å². The number of hydrogen-bond donors (Lipinski definition) is 2. The summed E-state index contributed by atoms with van der Waals surface area (Å²) in [6, 6.07) is 15.0. The van der Waals surface area contributed by atoms with Crippen LogP contribution in [-0.2, 0) is 9.59 Å². The zero-order valence-corrected chi connectivity index (χ0v) is 18.2. The summed E-state index contributed by atoms with van der Waals surface area (Å²) < 4.78 is 16.1. The van der Waals surface area contributed by atoms with Crippen molar-refractivity contribution in [1.29, 1.82) is 0 Å². The van der Waals surface area contributed by atoms with Gasteiger partial charge in [-0.05, 0) is 37.6 Å². The molecule has 0 aliphatic carbocycles. The van der Waals surface area contributed by atoms with Gasteiger partial charge >= 0.3 is 0 Å². The highest BCUT2D eigenvalue weighted by Gasteiger charge is 2.20. The lowest BCUT2D eigenvalue weighted by molar-refractivity contribution is -0.127. The van der Waals surface area contributed by atoms with Gasteiger partial charge in [-0.3, -0.25) is 14.2 Å². The molecule has 0 fully saturated rings. The average Bonchev–Trinajstić information content (AvgIpc) is 3.20. The molecule has 9 heteroatoms. The predicted octanol–water partition coefficient (Wildman–Crippen LogP) is 3.20. The number of aromatic nitrogens is 3. The molecule has 1 atom stereocenters. The van der Waals surface area contributed by atoms with Gasteiger partial charge in [0.1, 0.15) is 11.9 Å². The van der Waals surface area contributed by atoms with Crippen LogP contribution in [0.15, 0.2) is 59.8 Å². The van der Waals surface area contributed by atoms with Crippen LogP contribution >= 0.6 is 11.8 Å². The number of hydrogen-bond acceptors (Lipinski definition) is 5. The molecule has 7 nitrogen and oxygen atoms in total. The van der Waals surface area contributed by atoms with Gasteiger partial charge < -0.3 is 10.6 Å². The topological polar surface area (TPSA) is 88.9 Å². The summed E-state index contributed by atoms with van der Waals surface area (Å²) in [6.07, 6.45) is 0.821. The summed E-state index contributed by atoms with van der Waals surface area (Å²) in [6.45, 7) is 4.15. The van der Waals surface area contributed by atoms with E-state index in [1.54, 1.807) is 29.7 Å². The zero-order valence-electron chi connectivity index (χ0n) is 17.3. The van der Waals surface area contributed by atoms with Crippen molar-refractivity contribution in [2.45, 2.75) is 31.5 Å². The Balaban J connectivity index is 1.78. The first-order chi connectivity index (χ1) is 15.0. The fourth-order valence-corrected chi connectivity index (χ4v) is 3.63. The summed E-state index contributed by atoms with van der Waals surface area (Å²) in [5.41, 5.74) is 1.07. The molecule has 1 aromatic heterocycles. The normalized spacial score (nSPS) is 11.7. The Morgan fingerprint density at radius 1 is 1.10 bits per heavy atom. The van der Waals surface area contributed by atoms with Crippen LogP contribution in [0.5, 0.6) is 0 Å². The van der Waals surface area contributed by atoms with Gasteiger partial charge in [-0.2, -0.15) is 0 Å². The summed E-state index contributed by atoms with van der Waals surface area (Å²) in [5.74, 6) is -0.560. The molecule has 3 aromatic rings. The van der Waals surface area contributed by atoms with Crippen LogP contribution in [0.4, 0.5) is 4.39 Å². The van der Waals surface area contributed by atoms with E-state index in [9.17, 15) is 14.0 Å². The molecule has 0 aliphatic rings. The van der Waals surface area contributed by atoms with Crippen molar-refractivity contribution < 1.29 is 14.0 Å². The van der Waals surface area contributed by atoms with Crippen molar-refractivity contribution in [3.8, 4) is 17.1 Å². The third-order valence-electron chi connectivity index (χ3n) is 4.41. The maximum absolute atomic E-state index is 14.4. The molecule has 0 radical (unpaired) electrons. The zero-order chi connectivity index (χ0) is 22.2. The van der Waals surface area contributed by atoms with E-state index in [1.165, 1.54) is 17.8 Å². The molecule has 0 bridgehead atoms. The number of thioether (sulfide) groups is 1. The second kappa shape index (κ2) is 10.7. The smallest absolute Gasteiger partial charge is 0.242 e. The van der Waals surface area contributed by atoms with E-state index >= 15 is 0 Å². The van der Waals surface area contributed by atoms with E-state index < -0.39 is 11.9 Å². The van der Waals surface area contributed by atoms with E-state index in [1.807, 2.05) is 37.3 Å². The van der Waals surface area contributed by atoms with Gasteiger partial charge in [-0.25, -0.2) is 4.39 Å². The molecule has 2 aromatic carbocycles. The van der Waals surface area contributed by atoms with E-state index in [2.05, 4.69) is 20.8 Å². The first kappa shape index (κ1) is 22.5. The van der Waals surface area contributed by atoms with Crippen molar-refractivity contribution in [2.75, 3.05) is 12.3 Å². The third kappa shape index (κ3) is 5.69. The van der Waals surface area contributed by atoms with Crippen LogP contribution in [0.25, 0.3) is 17.1 Å². The fourth-order valence-electron chi connectivity index (χ4n) is 2.87. The lowest BCUT2D eigenvalue weighted by Gasteiger charge is -2.14. The number of carbonyl (C=O) groups is 2. The minimum Gasteiger partial charge on any atom is -0.354 e. The van der Waals surface area contributed by atoms with Crippen molar-refractivity contribution in [3.63, 3.8) is 0 Å². The molecular formula is C22H24FN5O2S. The lowest BCUT2D eigenvalue weighted by Crippen LogP contribution is -2.45. The average molecular weight is 442 g/mol. The Hall–Kier alpha value is -3.20. The molecule has 3 rings (SSSR count). The molecular weight excluding hydrogens is 417 g/mol. The summed E-state index contributed by atoms with van der Waals surface area (Å²) in [5, 5.41) is 14.2. The van der Waals surface area contributed by atoms with Gasteiger partial charge in [-0.1, -0.05) is 49.0 Å². The maximum Gasteiger partial charge on any atom is 0.242 e. The van der Waals surface area contributed by atoms with Gasteiger partial charge in [-0.15, -0.1) is 10.2 Å². The van der Waals surface area contributed by atoms with E-state index in [-0.39, 0.29) is 17.6 Å². The molecule has 2 N–H and O–H groups in total. The Morgan fingerprint density at radius 3 is 2.52 bits per heavy atom. The maximum atomic E-state index is 14.4. The quantitative estimate of drug-likeness (QED) is 0.498. The van der Waals surface area contributed by atoms with Crippen LogP contribution in [0.1, 0.15) is 20.3 Å². The van der Waals surface area contributed by atoms with Crippen molar-refractivity contribution in [3.05, 3.63) is 60.4 Å². The fraction of sp³-hybridized carbons (Fsp3) is 0.273. The molecule has 0 spiro atoms. The molecule has 0 saturated heterocycles. The first-order valence-corrected chi connectivity index (χ1v) is 11.0.